The van der Waals surface area contributed by atoms with Crippen LogP contribution < -0.4 is 4.74 Å². The van der Waals surface area contributed by atoms with Crippen molar-refractivity contribution in [2.24, 2.45) is 0 Å². The summed E-state index contributed by atoms with van der Waals surface area (Å²) in [5.41, 5.74) is -0.587. The number of hydrogen-bond acceptors (Lipinski definition) is 2. The lowest BCUT2D eigenvalue weighted by Gasteiger charge is -2.10. The van der Waals surface area contributed by atoms with Gasteiger partial charge in [0.25, 0.3) is 0 Å². The lowest BCUT2D eigenvalue weighted by Crippen LogP contribution is -1.98. The van der Waals surface area contributed by atoms with E-state index >= 15 is 0 Å². The van der Waals surface area contributed by atoms with Crippen LogP contribution in [-0.2, 0) is 0 Å². The van der Waals surface area contributed by atoms with Gasteiger partial charge in [0.2, 0.25) is 0 Å². The zero-order chi connectivity index (χ0) is 13.3. The molecule has 1 heterocycles. The molecule has 18 heavy (non-hydrogen) atoms. The zero-order valence-electron chi connectivity index (χ0n) is 9.18. The first-order valence-corrected chi connectivity index (χ1v) is 5.26. The largest absolute Gasteiger partial charge is 0.494 e. The summed E-state index contributed by atoms with van der Waals surface area (Å²) < 4.78 is 45.3. The minimum atomic E-state index is -0.830. The Bertz CT molecular complexity index is 584. The highest BCUT2D eigenvalue weighted by molar-refractivity contribution is 6.29. The van der Waals surface area contributed by atoms with Crippen LogP contribution in [0.25, 0.3) is 11.3 Å². The highest BCUT2D eigenvalue weighted by Crippen LogP contribution is 2.34. The van der Waals surface area contributed by atoms with Gasteiger partial charge in [-0.15, -0.1) is 0 Å². The van der Waals surface area contributed by atoms with Crippen LogP contribution in [0, 0.1) is 17.5 Å². The molecule has 0 aliphatic heterocycles. The van der Waals surface area contributed by atoms with Gasteiger partial charge in [-0.1, -0.05) is 17.7 Å². The van der Waals surface area contributed by atoms with Crippen molar-refractivity contribution < 1.29 is 17.9 Å². The predicted molar refractivity (Wildman–Crippen MR) is 61.1 cm³/mol. The maximum atomic E-state index is 13.6. The van der Waals surface area contributed by atoms with Gasteiger partial charge < -0.3 is 4.74 Å². The maximum Gasteiger partial charge on any atom is 0.165 e. The van der Waals surface area contributed by atoms with Crippen molar-refractivity contribution in [1.82, 2.24) is 4.98 Å². The highest BCUT2D eigenvalue weighted by Gasteiger charge is 2.19. The van der Waals surface area contributed by atoms with Crippen LogP contribution in [0.2, 0.25) is 5.15 Å². The minimum Gasteiger partial charge on any atom is -0.494 e. The third-order valence-electron chi connectivity index (χ3n) is 2.32. The Morgan fingerprint density at radius 1 is 1.11 bits per heavy atom. The van der Waals surface area contributed by atoms with Gasteiger partial charge >= 0.3 is 0 Å². The van der Waals surface area contributed by atoms with Crippen molar-refractivity contribution in [2.75, 3.05) is 7.11 Å². The Morgan fingerprint density at radius 3 is 2.28 bits per heavy atom. The Hall–Kier alpha value is -1.75. The van der Waals surface area contributed by atoms with E-state index in [0.29, 0.717) is 0 Å². The molecule has 2 rings (SSSR count). The number of nitrogens with zero attached hydrogens (tertiary/aromatic N) is 1. The number of methoxy groups -OCH3 is 1. The van der Waals surface area contributed by atoms with Gasteiger partial charge in [0.1, 0.15) is 23.1 Å². The lowest BCUT2D eigenvalue weighted by atomic mass is 10.1. The molecule has 0 aliphatic carbocycles. The van der Waals surface area contributed by atoms with Gasteiger partial charge in [-0.05, 0) is 12.1 Å². The Labute approximate surface area is 106 Å². The number of benzene rings is 1. The molecule has 1 aromatic carbocycles. The number of rotatable bonds is 2. The molecule has 2 nitrogen and oxygen atoms in total. The summed E-state index contributed by atoms with van der Waals surface area (Å²) in [6.45, 7) is 0. The molecule has 0 atom stereocenters. The topological polar surface area (TPSA) is 22.1 Å². The summed E-state index contributed by atoms with van der Waals surface area (Å²) in [4.78, 5) is 3.62. The molecule has 2 aromatic rings. The Morgan fingerprint density at radius 2 is 1.72 bits per heavy atom. The number of halogens is 4. The van der Waals surface area contributed by atoms with Crippen LogP contribution in [0.5, 0.6) is 5.75 Å². The molecule has 0 amide bonds. The first-order valence-electron chi connectivity index (χ1n) is 4.89. The van der Waals surface area contributed by atoms with Crippen LogP contribution in [0.1, 0.15) is 0 Å². The van der Waals surface area contributed by atoms with Crippen molar-refractivity contribution in [1.29, 1.82) is 0 Å². The fourth-order valence-corrected chi connectivity index (χ4v) is 1.65. The summed E-state index contributed by atoms with van der Waals surface area (Å²) in [6, 6.07) is 4.27. The normalized spacial score (nSPS) is 10.5. The zero-order valence-corrected chi connectivity index (χ0v) is 9.93. The quantitative estimate of drug-likeness (QED) is 0.776. The van der Waals surface area contributed by atoms with E-state index in [4.69, 9.17) is 16.3 Å². The molecule has 0 bridgehead atoms. The van der Waals surface area contributed by atoms with E-state index in [0.717, 1.165) is 18.2 Å². The summed E-state index contributed by atoms with van der Waals surface area (Å²) in [5.74, 6) is -2.58. The molecule has 0 spiro atoms. The molecule has 0 N–H and O–H groups in total. The minimum absolute atomic E-state index is 0.0964. The first kappa shape index (κ1) is 12.7. The average Bonchev–Trinajstić information content (AvgIpc) is 2.33. The predicted octanol–water partition coefficient (Wildman–Crippen LogP) is 3.83. The number of ether oxygens (including phenoxy) is 1. The van der Waals surface area contributed by atoms with Gasteiger partial charge in [-0.3, -0.25) is 0 Å². The van der Waals surface area contributed by atoms with E-state index < -0.39 is 28.2 Å². The van der Waals surface area contributed by atoms with Crippen molar-refractivity contribution in [3.05, 3.63) is 46.9 Å². The second-order valence-electron chi connectivity index (χ2n) is 3.41. The van der Waals surface area contributed by atoms with Crippen LogP contribution in [0.3, 0.4) is 0 Å². The van der Waals surface area contributed by atoms with Gasteiger partial charge in [0.05, 0.1) is 12.7 Å². The Kier molecular flexibility index (Phi) is 3.43. The van der Waals surface area contributed by atoms with Gasteiger partial charge in [0.15, 0.2) is 11.0 Å². The van der Waals surface area contributed by atoms with Gasteiger partial charge in [0, 0.05) is 6.07 Å². The molecule has 94 valence electrons. The van der Waals surface area contributed by atoms with Crippen molar-refractivity contribution >= 4 is 11.6 Å². The van der Waals surface area contributed by atoms with E-state index in [9.17, 15) is 13.2 Å². The van der Waals surface area contributed by atoms with Crippen molar-refractivity contribution in [2.45, 2.75) is 0 Å². The standard InChI is InChI=1S/C12H7ClF3NO/c1-18-9-5-8(16)12(13)17-11(9)10-6(14)3-2-4-7(10)15/h2-5H,1H3. The van der Waals surface area contributed by atoms with E-state index in [-0.39, 0.29) is 11.4 Å². The van der Waals surface area contributed by atoms with E-state index in [1.54, 1.807) is 0 Å². The molecule has 0 aliphatic rings. The SMILES string of the molecule is COc1cc(F)c(Cl)nc1-c1c(F)cccc1F. The number of hydrogen-bond donors (Lipinski definition) is 0. The fourth-order valence-electron chi connectivity index (χ4n) is 1.51. The molecule has 0 unspecified atom stereocenters. The van der Waals surface area contributed by atoms with E-state index in [1.807, 2.05) is 0 Å². The smallest absolute Gasteiger partial charge is 0.165 e. The van der Waals surface area contributed by atoms with Crippen molar-refractivity contribution in [3.8, 4) is 17.0 Å². The summed E-state index contributed by atoms with van der Waals surface area (Å²) in [6.07, 6.45) is 0. The van der Waals surface area contributed by atoms with Crippen molar-refractivity contribution in [3.63, 3.8) is 0 Å². The molecule has 6 heteroatoms. The fraction of sp³-hybridized carbons (Fsp3) is 0.0833. The van der Waals surface area contributed by atoms with Crippen LogP contribution in [0.15, 0.2) is 24.3 Å². The first-order chi connectivity index (χ1) is 8.54. The third kappa shape index (κ3) is 2.13. The molecule has 0 saturated heterocycles. The second-order valence-corrected chi connectivity index (χ2v) is 3.77. The number of aromatic nitrogens is 1. The lowest BCUT2D eigenvalue weighted by molar-refractivity contribution is 0.410. The van der Waals surface area contributed by atoms with Gasteiger partial charge in [-0.25, -0.2) is 18.2 Å². The highest BCUT2D eigenvalue weighted by atomic mass is 35.5. The molecule has 0 saturated carbocycles. The van der Waals surface area contributed by atoms with Crippen LogP contribution in [-0.4, -0.2) is 12.1 Å². The summed E-state index contributed by atoms with van der Waals surface area (Å²) in [5, 5.41) is -0.478. The Balaban J connectivity index is 2.74. The van der Waals surface area contributed by atoms with Gasteiger partial charge in [-0.2, -0.15) is 0 Å². The van der Waals surface area contributed by atoms with E-state index in [1.165, 1.54) is 13.2 Å². The summed E-state index contributed by atoms with van der Waals surface area (Å²) in [7, 11) is 1.24. The molecule has 0 radical (unpaired) electrons. The average molecular weight is 274 g/mol. The van der Waals surface area contributed by atoms with Crippen LogP contribution in [0.4, 0.5) is 13.2 Å². The second kappa shape index (κ2) is 4.86. The third-order valence-corrected chi connectivity index (χ3v) is 2.58. The molecular formula is C12H7ClF3NO. The van der Waals surface area contributed by atoms with Crippen LogP contribution >= 0.6 is 11.6 Å². The monoisotopic (exact) mass is 273 g/mol. The maximum absolute atomic E-state index is 13.6. The van der Waals surface area contributed by atoms with E-state index in [2.05, 4.69) is 4.98 Å². The molecular weight excluding hydrogens is 267 g/mol. The molecule has 1 aromatic heterocycles. The number of pyridine rings is 1. The summed E-state index contributed by atoms with van der Waals surface area (Å²) >= 11 is 5.51. The molecule has 0 fully saturated rings.